The van der Waals surface area contributed by atoms with E-state index in [0.717, 1.165) is 24.9 Å². The zero-order valence-corrected chi connectivity index (χ0v) is 12.4. The molecule has 2 atom stereocenters. The van der Waals surface area contributed by atoms with E-state index in [1.54, 1.807) is 0 Å². The van der Waals surface area contributed by atoms with Crippen LogP contribution in [0.1, 0.15) is 37.8 Å². The van der Waals surface area contributed by atoms with Gasteiger partial charge in [0.05, 0.1) is 12.5 Å². The number of nitrogens with zero attached hydrogens (tertiary/aromatic N) is 1. The number of benzene rings is 1. The maximum atomic E-state index is 12.5. The highest BCUT2D eigenvalue weighted by Gasteiger charge is 2.29. The van der Waals surface area contributed by atoms with E-state index in [1.165, 1.54) is 6.92 Å². The highest BCUT2D eigenvalue weighted by Crippen LogP contribution is 2.22. The van der Waals surface area contributed by atoms with E-state index >= 15 is 0 Å². The number of amides is 2. The van der Waals surface area contributed by atoms with Crippen LogP contribution in [0, 0.1) is 0 Å². The van der Waals surface area contributed by atoms with Crippen molar-refractivity contribution in [3.8, 4) is 0 Å². The maximum absolute atomic E-state index is 12.5. The smallest absolute Gasteiger partial charge is 0.225 e. The summed E-state index contributed by atoms with van der Waals surface area (Å²) in [4.78, 5) is 25.8. The van der Waals surface area contributed by atoms with Gasteiger partial charge in [0.1, 0.15) is 0 Å². The second-order valence-electron chi connectivity index (χ2n) is 5.49. The molecule has 2 rings (SSSR count). The number of nitrogens with two attached hydrogens (primary N) is 1. The summed E-state index contributed by atoms with van der Waals surface area (Å²) in [5.74, 6) is -0.0704. The summed E-state index contributed by atoms with van der Waals surface area (Å²) in [5, 5.41) is 2.87. The standard InChI is InChI=1S/C16H23N3O2/c1-12(20)18-15(13-6-3-2-4-7-13)10-16(21)19-9-5-8-14(19)11-17/h2-4,6-7,14-15H,5,8-11,17H2,1H3,(H,18,20). The van der Waals surface area contributed by atoms with Crippen molar-refractivity contribution in [2.45, 2.75) is 38.3 Å². The summed E-state index contributed by atoms with van der Waals surface area (Å²) in [6, 6.07) is 9.46. The van der Waals surface area contributed by atoms with Crippen LogP contribution in [0.5, 0.6) is 0 Å². The van der Waals surface area contributed by atoms with Crippen molar-refractivity contribution >= 4 is 11.8 Å². The van der Waals surface area contributed by atoms with Gasteiger partial charge in [0.2, 0.25) is 11.8 Å². The molecule has 5 nitrogen and oxygen atoms in total. The Balaban J connectivity index is 2.08. The molecule has 1 heterocycles. The molecular weight excluding hydrogens is 266 g/mol. The first-order valence-corrected chi connectivity index (χ1v) is 7.43. The molecular formula is C16H23N3O2. The van der Waals surface area contributed by atoms with Crippen LogP contribution in [-0.4, -0.2) is 35.8 Å². The van der Waals surface area contributed by atoms with Gasteiger partial charge in [-0.1, -0.05) is 30.3 Å². The molecule has 0 radical (unpaired) electrons. The average Bonchev–Trinajstić information content (AvgIpc) is 2.95. The normalized spacial score (nSPS) is 19.3. The maximum Gasteiger partial charge on any atom is 0.225 e. The van der Waals surface area contributed by atoms with Crippen molar-refractivity contribution in [2.24, 2.45) is 5.73 Å². The summed E-state index contributed by atoms with van der Waals surface area (Å²) >= 11 is 0. The van der Waals surface area contributed by atoms with Crippen LogP contribution in [0.3, 0.4) is 0 Å². The van der Waals surface area contributed by atoms with Gasteiger partial charge in [-0.25, -0.2) is 0 Å². The van der Waals surface area contributed by atoms with Crippen LogP contribution in [0.15, 0.2) is 30.3 Å². The monoisotopic (exact) mass is 289 g/mol. The first kappa shape index (κ1) is 15.5. The Morgan fingerprint density at radius 3 is 2.71 bits per heavy atom. The van der Waals surface area contributed by atoms with Crippen molar-refractivity contribution in [3.63, 3.8) is 0 Å². The highest BCUT2D eigenvalue weighted by molar-refractivity contribution is 5.79. The molecule has 21 heavy (non-hydrogen) atoms. The molecule has 0 aliphatic carbocycles. The average molecular weight is 289 g/mol. The summed E-state index contributed by atoms with van der Waals surface area (Å²) in [5.41, 5.74) is 6.67. The molecule has 0 bridgehead atoms. The molecule has 1 aliphatic heterocycles. The molecule has 0 aromatic heterocycles. The predicted molar refractivity (Wildman–Crippen MR) is 81.4 cm³/mol. The first-order chi connectivity index (χ1) is 10.1. The summed E-state index contributed by atoms with van der Waals surface area (Å²) < 4.78 is 0. The van der Waals surface area contributed by atoms with E-state index < -0.39 is 0 Å². The van der Waals surface area contributed by atoms with E-state index in [0.29, 0.717) is 6.54 Å². The lowest BCUT2D eigenvalue weighted by molar-refractivity contribution is -0.132. The molecule has 0 saturated carbocycles. The van der Waals surface area contributed by atoms with Gasteiger partial charge in [-0.3, -0.25) is 9.59 Å². The van der Waals surface area contributed by atoms with Crippen LogP contribution in [0.25, 0.3) is 0 Å². The number of hydrogen-bond donors (Lipinski definition) is 2. The second kappa shape index (κ2) is 7.22. The Bertz CT molecular complexity index is 490. The summed E-state index contributed by atoms with van der Waals surface area (Å²) in [7, 11) is 0. The van der Waals surface area contributed by atoms with Gasteiger partial charge in [0.25, 0.3) is 0 Å². The lowest BCUT2D eigenvalue weighted by Crippen LogP contribution is -2.41. The number of hydrogen-bond acceptors (Lipinski definition) is 3. The Labute approximate surface area is 125 Å². The van der Waals surface area contributed by atoms with Crippen LogP contribution in [0.4, 0.5) is 0 Å². The third-order valence-electron chi connectivity index (χ3n) is 3.93. The molecule has 5 heteroatoms. The van der Waals surface area contributed by atoms with Gasteiger partial charge in [-0.2, -0.15) is 0 Å². The number of nitrogens with one attached hydrogen (secondary N) is 1. The van der Waals surface area contributed by atoms with E-state index in [9.17, 15) is 9.59 Å². The van der Waals surface area contributed by atoms with Gasteiger partial charge in [0.15, 0.2) is 0 Å². The first-order valence-electron chi connectivity index (χ1n) is 7.43. The van der Waals surface area contributed by atoms with Gasteiger partial charge in [-0.05, 0) is 18.4 Å². The SMILES string of the molecule is CC(=O)NC(CC(=O)N1CCCC1CN)c1ccccc1. The van der Waals surface area contributed by atoms with E-state index in [1.807, 2.05) is 35.2 Å². The quantitative estimate of drug-likeness (QED) is 0.855. The van der Waals surface area contributed by atoms with Crippen molar-refractivity contribution < 1.29 is 9.59 Å². The lowest BCUT2D eigenvalue weighted by atomic mass is 10.0. The van der Waals surface area contributed by atoms with Gasteiger partial charge in [-0.15, -0.1) is 0 Å². The van der Waals surface area contributed by atoms with Crippen molar-refractivity contribution in [1.29, 1.82) is 0 Å². The van der Waals surface area contributed by atoms with Crippen molar-refractivity contribution in [2.75, 3.05) is 13.1 Å². The minimum absolute atomic E-state index is 0.0607. The molecule has 1 saturated heterocycles. The number of likely N-dealkylation sites (tertiary alicyclic amines) is 1. The molecule has 2 unspecified atom stereocenters. The molecule has 114 valence electrons. The Morgan fingerprint density at radius 1 is 1.38 bits per heavy atom. The number of carbonyl (C=O) groups is 2. The summed E-state index contributed by atoms with van der Waals surface area (Å²) in [6.07, 6.45) is 2.25. The van der Waals surface area contributed by atoms with E-state index in [4.69, 9.17) is 5.73 Å². The van der Waals surface area contributed by atoms with Crippen LogP contribution in [0.2, 0.25) is 0 Å². The van der Waals surface area contributed by atoms with E-state index in [2.05, 4.69) is 5.32 Å². The third kappa shape index (κ3) is 4.04. The minimum Gasteiger partial charge on any atom is -0.349 e. The van der Waals surface area contributed by atoms with Crippen molar-refractivity contribution in [3.05, 3.63) is 35.9 Å². The van der Waals surface area contributed by atoms with E-state index in [-0.39, 0.29) is 30.3 Å². The predicted octanol–water partition coefficient (Wildman–Crippen LogP) is 1.20. The van der Waals surface area contributed by atoms with Crippen LogP contribution >= 0.6 is 0 Å². The number of rotatable bonds is 5. The Kier molecular flexibility index (Phi) is 5.33. The largest absolute Gasteiger partial charge is 0.349 e. The zero-order chi connectivity index (χ0) is 15.2. The molecule has 1 aromatic rings. The molecule has 3 N–H and O–H groups in total. The molecule has 1 aromatic carbocycles. The van der Waals surface area contributed by atoms with Gasteiger partial charge in [0, 0.05) is 26.1 Å². The van der Waals surface area contributed by atoms with Gasteiger partial charge >= 0.3 is 0 Å². The zero-order valence-electron chi connectivity index (χ0n) is 12.4. The Morgan fingerprint density at radius 2 is 2.10 bits per heavy atom. The third-order valence-corrected chi connectivity index (χ3v) is 3.93. The fourth-order valence-electron chi connectivity index (χ4n) is 2.88. The lowest BCUT2D eigenvalue weighted by Gasteiger charge is -2.26. The molecule has 1 fully saturated rings. The second-order valence-corrected chi connectivity index (χ2v) is 5.49. The van der Waals surface area contributed by atoms with Gasteiger partial charge < -0.3 is 16.0 Å². The Hall–Kier alpha value is -1.88. The fraction of sp³-hybridized carbons (Fsp3) is 0.500. The summed E-state index contributed by atoms with van der Waals surface area (Å²) in [6.45, 7) is 2.74. The van der Waals surface area contributed by atoms with Crippen LogP contribution < -0.4 is 11.1 Å². The fourth-order valence-corrected chi connectivity index (χ4v) is 2.88. The minimum atomic E-state index is -0.282. The molecule has 1 aliphatic rings. The number of carbonyl (C=O) groups excluding carboxylic acids is 2. The topological polar surface area (TPSA) is 75.4 Å². The van der Waals surface area contributed by atoms with Crippen molar-refractivity contribution in [1.82, 2.24) is 10.2 Å². The highest BCUT2D eigenvalue weighted by atomic mass is 16.2. The van der Waals surface area contributed by atoms with Crippen LogP contribution in [-0.2, 0) is 9.59 Å². The molecule has 2 amide bonds. The molecule has 0 spiro atoms.